The highest BCUT2D eigenvalue weighted by molar-refractivity contribution is 5.87. The SMILES string of the molecule is COC(OC)[C@H](CCC(C)(F)F)NC(=O)[C@@H]1[C@@H]2[C@H](CN1C(=O)O)C2(C)C. The summed E-state index contributed by atoms with van der Waals surface area (Å²) < 4.78 is 36.8. The summed E-state index contributed by atoms with van der Waals surface area (Å²) in [6.45, 7) is 5.12. The molecule has 26 heavy (non-hydrogen) atoms. The molecule has 1 aliphatic heterocycles. The van der Waals surface area contributed by atoms with E-state index in [9.17, 15) is 23.5 Å². The van der Waals surface area contributed by atoms with Crippen LogP contribution in [0.4, 0.5) is 13.6 Å². The van der Waals surface area contributed by atoms with E-state index in [2.05, 4.69) is 5.32 Å². The third-order valence-electron chi connectivity index (χ3n) is 5.74. The number of hydrogen-bond donors (Lipinski definition) is 2. The third-order valence-corrected chi connectivity index (χ3v) is 5.74. The lowest BCUT2D eigenvalue weighted by molar-refractivity contribution is -0.143. The van der Waals surface area contributed by atoms with E-state index in [0.717, 1.165) is 11.8 Å². The summed E-state index contributed by atoms with van der Waals surface area (Å²) in [6, 6.07) is -1.63. The number of piperidine rings is 1. The number of alkyl halides is 2. The van der Waals surface area contributed by atoms with E-state index in [0.29, 0.717) is 6.54 Å². The van der Waals surface area contributed by atoms with Crippen molar-refractivity contribution in [2.75, 3.05) is 20.8 Å². The van der Waals surface area contributed by atoms with Crippen molar-refractivity contribution >= 4 is 12.0 Å². The molecule has 2 N–H and O–H groups in total. The topological polar surface area (TPSA) is 88.1 Å². The van der Waals surface area contributed by atoms with Crippen molar-refractivity contribution in [3.63, 3.8) is 0 Å². The van der Waals surface area contributed by atoms with Crippen LogP contribution in [0.3, 0.4) is 0 Å². The minimum atomic E-state index is -2.89. The van der Waals surface area contributed by atoms with Crippen molar-refractivity contribution in [3.8, 4) is 0 Å². The molecule has 7 nitrogen and oxygen atoms in total. The molecule has 1 aliphatic carbocycles. The predicted octanol–water partition coefficient (Wildman–Crippen LogP) is 2.16. The fraction of sp³-hybridized carbons (Fsp3) is 0.882. The number of methoxy groups -OCH3 is 2. The standard InChI is InChI=1S/C17H28F2N2O5/c1-16(2)9-8-21(15(23)24)12(11(9)16)13(22)20-10(14(25-4)26-5)6-7-17(3,18)19/h9-12,14H,6-8H2,1-5H3,(H,20,22)(H,23,24)/t9-,10-,11-,12-/m0/s1. The van der Waals surface area contributed by atoms with Crippen molar-refractivity contribution < 1.29 is 33.0 Å². The zero-order valence-electron chi connectivity index (χ0n) is 15.8. The molecule has 0 bridgehead atoms. The monoisotopic (exact) mass is 378 g/mol. The summed E-state index contributed by atoms with van der Waals surface area (Å²) in [7, 11) is 2.72. The van der Waals surface area contributed by atoms with Crippen LogP contribution in [0.25, 0.3) is 0 Å². The van der Waals surface area contributed by atoms with E-state index in [1.165, 1.54) is 14.2 Å². The van der Waals surface area contributed by atoms with Crippen LogP contribution in [-0.2, 0) is 14.3 Å². The average molecular weight is 378 g/mol. The van der Waals surface area contributed by atoms with Gasteiger partial charge >= 0.3 is 6.09 Å². The van der Waals surface area contributed by atoms with Crippen molar-refractivity contribution in [2.24, 2.45) is 17.3 Å². The molecular formula is C17H28F2N2O5. The van der Waals surface area contributed by atoms with Gasteiger partial charge in [0.2, 0.25) is 11.8 Å². The van der Waals surface area contributed by atoms with Gasteiger partial charge in [0.15, 0.2) is 6.29 Å². The maximum absolute atomic E-state index is 13.3. The molecule has 0 aromatic carbocycles. The molecule has 2 fully saturated rings. The first kappa shape index (κ1) is 20.8. The second-order valence-corrected chi connectivity index (χ2v) is 7.90. The fourth-order valence-corrected chi connectivity index (χ4v) is 4.16. The van der Waals surface area contributed by atoms with Gasteiger partial charge in [0.25, 0.3) is 0 Å². The van der Waals surface area contributed by atoms with Crippen LogP contribution in [0.5, 0.6) is 0 Å². The van der Waals surface area contributed by atoms with Crippen molar-refractivity contribution in [1.82, 2.24) is 10.2 Å². The molecule has 1 heterocycles. The van der Waals surface area contributed by atoms with Crippen LogP contribution in [0.15, 0.2) is 0 Å². The summed E-state index contributed by atoms with van der Waals surface area (Å²) >= 11 is 0. The Bertz CT molecular complexity index is 548. The van der Waals surface area contributed by atoms with E-state index < -0.39 is 42.7 Å². The minimum Gasteiger partial charge on any atom is -0.465 e. The summed E-state index contributed by atoms with van der Waals surface area (Å²) in [5.41, 5.74) is -0.109. The van der Waals surface area contributed by atoms with E-state index in [4.69, 9.17) is 9.47 Å². The molecule has 4 atom stereocenters. The number of halogens is 2. The Morgan fingerprint density at radius 3 is 2.38 bits per heavy atom. The molecule has 0 spiro atoms. The molecule has 0 radical (unpaired) electrons. The molecule has 1 saturated heterocycles. The van der Waals surface area contributed by atoms with Gasteiger partial charge in [-0.05, 0) is 30.6 Å². The average Bonchev–Trinajstić information content (AvgIpc) is 2.89. The molecule has 2 rings (SSSR count). The van der Waals surface area contributed by atoms with Gasteiger partial charge < -0.3 is 19.9 Å². The van der Waals surface area contributed by atoms with Gasteiger partial charge in [-0.15, -0.1) is 0 Å². The number of ether oxygens (including phenoxy) is 2. The van der Waals surface area contributed by atoms with E-state index in [-0.39, 0.29) is 23.7 Å². The quantitative estimate of drug-likeness (QED) is 0.632. The fourth-order valence-electron chi connectivity index (χ4n) is 4.16. The Morgan fingerprint density at radius 2 is 1.92 bits per heavy atom. The van der Waals surface area contributed by atoms with Crippen LogP contribution < -0.4 is 5.32 Å². The molecule has 1 saturated carbocycles. The van der Waals surface area contributed by atoms with Crippen LogP contribution in [-0.4, -0.2) is 67.1 Å². The Balaban J connectivity index is 2.12. The molecule has 0 unspecified atom stereocenters. The number of likely N-dealkylation sites (tertiary alicyclic amines) is 1. The lowest BCUT2D eigenvalue weighted by Gasteiger charge is -2.31. The number of rotatable bonds is 8. The Kier molecular flexibility index (Phi) is 5.82. The molecule has 0 aromatic heterocycles. The Hall–Kier alpha value is -1.48. The van der Waals surface area contributed by atoms with Crippen LogP contribution in [0, 0.1) is 17.3 Å². The first-order valence-corrected chi connectivity index (χ1v) is 8.67. The molecular weight excluding hydrogens is 350 g/mol. The summed E-state index contributed by atoms with van der Waals surface area (Å²) in [6.07, 6.45) is -2.56. The molecule has 0 aromatic rings. The second-order valence-electron chi connectivity index (χ2n) is 7.90. The van der Waals surface area contributed by atoms with Crippen LogP contribution in [0.2, 0.25) is 0 Å². The smallest absolute Gasteiger partial charge is 0.407 e. The third kappa shape index (κ3) is 4.09. The summed E-state index contributed by atoms with van der Waals surface area (Å²) in [5.74, 6) is -3.32. The summed E-state index contributed by atoms with van der Waals surface area (Å²) in [4.78, 5) is 25.5. The van der Waals surface area contributed by atoms with E-state index >= 15 is 0 Å². The number of nitrogens with one attached hydrogen (secondary N) is 1. The maximum Gasteiger partial charge on any atom is 0.407 e. The number of amides is 2. The molecule has 9 heteroatoms. The first-order chi connectivity index (χ1) is 11.9. The van der Waals surface area contributed by atoms with Gasteiger partial charge in [0.1, 0.15) is 6.04 Å². The number of fused-ring (bicyclic) bond motifs is 1. The van der Waals surface area contributed by atoms with Gasteiger partial charge in [0, 0.05) is 27.2 Å². The second kappa shape index (κ2) is 7.26. The number of carbonyl (C=O) groups excluding carboxylic acids is 1. The highest BCUT2D eigenvalue weighted by atomic mass is 19.3. The lowest BCUT2D eigenvalue weighted by atomic mass is 10.00. The highest BCUT2D eigenvalue weighted by Crippen LogP contribution is 2.64. The summed E-state index contributed by atoms with van der Waals surface area (Å²) in [5, 5.41) is 12.1. The van der Waals surface area contributed by atoms with Gasteiger partial charge in [-0.3, -0.25) is 9.69 Å². The van der Waals surface area contributed by atoms with E-state index in [1.54, 1.807) is 0 Å². The molecule has 150 valence electrons. The number of nitrogens with zero attached hydrogens (tertiary/aromatic N) is 1. The lowest BCUT2D eigenvalue weighted by Crippen LogP contribution is -2.54. The van der Waals surface area contributed by atoms with Gasteiger partial charge in [0.05, 0.1) is 6.04 Å². The van der Waals surface area contributed by atoms with Gasteiger partial charge in [-0.1, -0.05) is 13.8 Å². The van der Waals surface area contributed by atoms with Gasteiger partial charge in [-0.25, -0.2) is 13.6 Å². The van der Waals surface area contributed by atoms with Crippen molar-refractivity contribution in [2.45, 2.75) is 57.9 Å². The van der Waals surface area contributed by atoms with Crippen molar-refractivity contribution in [3.05, 3.63) is 0 Å². The number of hydrogen-bond acceptors (Lipinski definition) is 4. The normalized spacial score (nSPS) is 28.0. The van der Waals surface area contributed by atoms with E-state index in [1.807, 2.05) is 13.8 Å². The van der Waals surface area contributed by atoms with Crippen molar-refractivity contribution in [1.29, 1.82) is 0 Å². The molecule has 2 amide bonds. The van der Waals surface area contributed by atoms with Gasteiger partial charge in [-0.2, -0.15) is 0 Å². The predicted molar refractivity (Wildman–Crippen MR) is 88.9 cm³/mol. The number of carboxylic acid groups (broad SMARTS) is 1. The van der Waals surface area contributed by atoms with Crippen LogP contribution >= 0.6 is 0 Å². The maximum atomic E-state index is 13.3. The van der Waals surface area contributed by atoms with Crippen LogP contribution in [0.1, 0.15) is 33.6 Å². The zero-order valence-corrected chi connectivity index (χ0v) is 15.8. The largest absolute Gasteiger partial charge is 0.465 e. The first-order valence-electron chi connectivity index (χ1n) is 8.67. The highest BCUT2D eigenvalue weighted by Gasteiger charge is 2.69. The Labute approximate surface area is 152 Å². The molecule has 2 aliphatic rings. The minimum absolute atomic E-state index is 0.0567. The Morgan fingerprint density at radius 1 is 1.35 bits per heavy atom. The zero-order chi connectivity index (χ0) is 19.9. The number of carbonyl (C=O) groups is 2.